The van der Waals surface area contributed by atoms with Gasteiger partial charge in [-0.1, -0.05) is 11.6 Å². The van der Waals surface area contributed by atoms with E-state index < -0.39 is 17.4 Å². The van der Waals surface area contributed by atoms with Crippen LogP contribution in [0.15, 0.2) is 18.2 Å². The van der Waals surface area contributed by atoms with E-state index in [-0.39, 0.29) is 16.4 Å². The highest BCUT2D eigenvalue weighted by Crippen LogP contribution is 2.26. The van der Waals surface area contributed by atoms with E-state index in [1.54, 1.807) is 0 Å². The van der Waals surface area contributed by atoms with Crippen LogP contribution in [-0.4, -0.2) is 22.5 Å². The predicted octanol–water partition coefficient (Wildman–Crippen LogP) is 1.18. The first-order valence-electron chi connectivity index (χ1n) is 3.89. The third kappa shape index (κ3) is 2.90. The SMILES string of the molecule is O=C(CO)Nc1ccc([N+](=O)[O-])cc1Cl. The summed E-state index contributed by atoms with van der Waals surface area (Å²) in [5, 5.41) is 21.2. The summed E-state index contributed by atoms with van der Waals surface area (Å²) in [4.78, 5) is 20.6. The molecule has 0 aliphatic heterocycles. The zero-order chi connectivity index (χ0) is 11.4. The van der Waals surface area contributed by atoms with Crippen LogP contribution >= 0.6 is 11.6 Å². The van der Waals surface area contributed by atoms with Gasteiger partial charge in [0.2, 0.25) is 5.91 Å². The molecule has 0 spiro atoms. The second kappa shape index (κ2) is 4.72. The molecule has 0 aliphatic carbocycles. The summed E-state index contributed by atoms with van der Waals surface area (Å²) < 4.78 is 0. The van der Waals surface area contributed by atoms with E-state index in [1.807, 2.05) is 0 Å². The van der Waals surface area contributed by atoms with Gasteiger partial charge >= 0.3 is 0 Å². The number of carbonyl (C=O) groups is 1. The van der Waals surface area contributed by atoms with Crippen molar-refractivity contribution in [2.75, 3.05) is 11.9 Å². The Hall–Kier alpha value is -1.66. The van der Waals surface area contributed by atoms with Crippen LogP contribution in [-0.2, 0) is 4.79 Å². The summed E-state index contributed by atoms with van der Waals surface area (Å²) in [6.45, 7) is -0.673. The highest BCUT2D eigenvalue weighted by Gasteiger charge is 2.10. The van der Waals surface area contributed by atoms with Gasteiger partial charge in [-0.05, 0) is 6.07 Å². The second-order valence-electron chi connectivity index (χ2n) is 2.63. The Morgan fingerprint density at radius 3 is 2.73 bits per heavy atom. The molecule has 0 bridgehead atoms. The number of hydrogen-bond donors (Lipinski definition) is 2. The lowest BCUT2D eigenvalue weighted by Gasteiger charge is -2.04. The molecule has 1 aromatic rings. The van der Waals surface area contributed by atoms with Gasteiger partial charge in [-0.25, -0.2) is 0 Å². The number of rotatable bonds is 3. The minimum absolute atomic E-state index is 0.0472. The minimum atomic E-state index is -0.673. The zero-order valence-electron chi connectivity index (χ0n) is 7.44. The van der Waals surface area contributed by atoms with Gasteiger partial charge < -0.3 is 10.4 Å². The number of carbonyl (C=O) groups excluding carboxylic acids is 1. The van der Waals surface area contributed by atoms with Gasteiger partial charge in [-0.3, -0.25) is 14.9 Å². The number of aliphatic hydroxyl groups excluding tert-OH is 1. The topological polar surface area (TPSA) is 92.5 Å². The molecule has 0 fully saturated rings. The van der Waals surface area contributed by atoms with Crippen LogP contribution < -0.4 is 5.32 Å². The molecule has 0 aromatic heterocycles. The largest absolute Gasteiger partial charge is 0.387 e. The maximum absolute atomic E-state index is 10.8. The van der Waals surface area contributed by atoms with Crippen molar-refractivity contribution < 1.29 is 14.8 Å². The molecule has 0 atom stereocenters. The predicted molar refractivity (Wildman–Crippen MR) is 53.8 cm³/mol. The standard InChI is InChI=1S/C8H7ClN2O4/c9-6-3-5(11(14)15)1-2-7(6)10-8(13)4-12/h1-3,12H,4H2,(H,10,13). The number of anilines is 1. The van der Waals surface area contributed by atoms with Crippen molar-refractivity contribution in [2.45, 2.75) is 0 Å². The van der Waals surface area contributed by atoms with Gasteiger partial charge in [0.05, 0.1) is 15.6 Å². The van der Waals surface area contributed by atoms with Gasteiger partial charge in [-0.2, -0.15) is 0 Å². The number of aliphatic hydroxyl groups is 1. The molecule has 1 amide bonds. The van der Waals surface area contributed by atoms with E-state index in [1.165, 1.54) is 12.1 Å². The number of nitro benzene ring substituents is 1. The van der Waals surface area contributed by atoms with Crippen LogP contribution in [0.2, 0.25) is 5.02 Å². The Kier molecular flexibility index (Phi) is 3.59. The molecular weight excluding hydrogens is 224 g/mol. The van der Waals surface area contributed by atoms with Crippen molar-refractivity contribution in [2.24, 2.45) is 0 Å². The van der Waals surface area contributed by atoms with E-state index in [0.717, 1.165) is 6.07 Å². The first-order chi connectivity index (χ1) is 7.04. The fraction of sp³-hybridized carbons (Fsp3) is 0.125. The van der Waals surface area contributed by atoms with Gasteiger partial charge in [-0.15, -0.1) is 0 Å². The third-order valence-corrected chi connectivity index (χ3v) is 1.89. The Morgan fingerprint density at radius 2 is 2.27 bits per heavy atom. The molecule has 1 rings (SSSR count). The summed E-state index contributed by atoms with van der Waals surface area (Å²) in [5.74, 6) is -0.634. The van der Waals surface area contributed by atoms with Crippen molar-refractivity contribution in [1.29, 1.82) is 0 Å². The van der Waals surface area contributed by atoms with Gasteiger partial charge in [0.15, 0.2) is 0 Å². The van der Waals surface area contributed by atoms with Crippen LogP contribution in [0.4, 0.5) is 11.4 Å². The molecule has 6 nitrogen and oxygen atoms in total. The third-order valence-electron chi connectivity index (χ3n) is 1.58. The van der Waals surface area contributed by atoms with Crippen molar-refractivity contribution in [1.82, 2.24) is 0 Å². The molecule has 15 heavy (non-hydrogen) atoms. The van der Waals surface area contributed by atoms with E-state index in [9.17, 15) is 14.9 Å². The molecule has 0 saturated heterocycles. The first-order valence-corrected chi connectivity index (χ1v) is 4.27. The summed E-state index contributed by atoms with van der Waals surface area (Å²) in [6, 6.07) is 3.63. The number of nitrogens with zero attached hydrogens (tertiary/aromatic N) is 1. The molecule has 2 N–H and O–H groups in total. The fourth-order valence-corrected chi connectivity index (χ4v) is 1.13. The number of amides is 1. The Morgan fingerprint density at radius 1 is 1.60 bits per heavy atom. The normalized spacial score (nSPS) is 9.73. The summed E-state index contributed by atoms with van der Waals surface area (Å²) in [5.41, 5.74) is 0.0586. The molecule has 1 aromatic carbocycles. The average Bonchev–Trinajstić information content (AvgIpc) is 2.20. The average molecular weight is 231 g/mol. The lowest BCUT2D eigenvalue weighted by molar-refractivity contribution is -0.384. The highest BCUT2D eigenvalue weighted by atomic mass is 35.5. The monoisotopic (exact) mass is 230 g/mol. The maximum Gasteiger partial charge on any atom is 0.271 e. The maximum atomic E-state index is 10.8. The van der Waals surface area contributed by atoms with E-state index in [2.05, 4.69) is 5.32 Å². The molecule has 7 heteroatoms. The minimum Gasteiger partial charge on any atom is -0.387 e. The van der Waals surface area contributed by atoms with Gasteiger partial charge in [0.1, 0.15) is 6.61 Å². The smallest absolute Gasteiger partial charge is 0.271 e. The van der Waals surface area contributed by atoms with Crippen LogP contribution in [0.5, 0.6) is 0 Å². The lowest BCUT2D eigenvalue weighted by Crippen LogP contribution is -2.15. The molecule has 0 saturated carbocycles. The Balaban J connectivity index is 2.93. The fourth-order valence-electron chi connectivity index (χ4n) is 0.909. The summed E-state index contributed by atoms with van der Waals surface area (Å²) >= 11 is 5.67. The summed E-state index contributed by atoms with van der Waals surface area (Å²) in [7, 11) is 0. The van der Waals surface area contributed by atoms with Gasteiger partial charge in [0.25, 0.3) is 5.69 Å². The van der Waals surface area contributed by atoms with Crippen LogP contribution in [0.3, 0.4) is 0 Å². The van der Waals surface area contributed by atoms with Gasteiger partial charge in [0, 0.05) is 12.1 Å². The number of halogens is 1. The first kappa shape index (κ1) is 11.4. The number of nitrogens with one attached hydrogen (secondary N) is 1. The van der Waals surface area contributed by atoms with Crippen molar-refractivity contribution in [3.05, 3.63) is 33.3 Å². The molecule has 80 valence electrons. The molecule has 0 aliphatic rings. The summed E-state index contributed by atoms with van der Waals surface area (Å²) in [6.07, 6.45) is 0. The Labute approximate surface area is 89.6 Å². The van der Waals surface area contributed by atoms with E-state index >= 15 is 0 Å². The van der Waals surface area contributed by atoms with Crippen molar-refractivity contribution in [3.63, 3.8) is 0 Å². The molecule has 0 heterocycles. The van der Waals surface area contributed by atoms with Crippen molar-refractivity contribution >= 4 is 28.9 Å². The zero-order valence-corrected chi connectivity index (χ0v) is 8.19. The van der Waals surface area contributed by atoms with Crippen LogP contribution in [0, 0.1) is 10.1 Å². The quantitative estimate of drug-likeness (QED) is 0.602. The number of hydrogen-bond acceptors (Lipinski definition) is 4. The van der Waals surface area contributed by atoms with E-state index in [0.29, 0.717) is 0 Å². The Bertz CT molecular complexity index is 408. The lowest BCUT2D eigenvalue weighted by atomic mass is 10.3. The number of non-ortho nitro benzene ring substituents is 1. The number of nitro groups is 1. The van der Waals surface area contributed by atoms with E-state index in [4.69, 9.17) is 16.7 Å². The number of benzene rings is 1. The second-order valence-corrected chi connectivity index (χ2v) is 3.03. The molecule has 0 radical (unpaired) electrons. The molecular formula is C8H7ClN2O4. The highest BCUT2D eigenvalue weighted by molar-refractivity contribution is 6.33. The molecule has 0 unspecified atom stereocenters. The van der Waals surface area contributed by atoms with Crippen molar-refractivity contribution in [3.8, 4) is 0 Å². The van der Waals surface area contributed by atoms with Crippen LogP contribution in [0.1, 0.15) is 0 Å². The van der Waals surface area contributed by atoms with Crippen LogP contribution in [0.25, 0.3) is 0 Å².